The fourth-order valence-electron chi connectivity index (χ4n) is 1.85. The van der Waals surface area contributed by atoms with Crippen molar-refractivity contribution in [2.45, 2.75) is 13.1 Å². The molecule has 0 bridgehead atoms. The van der Waals surface area contributed by atoms with Gasteiger partial charge in [0.2, 0.25) is 5.91 Å². The van der Waals surface area contributed by atoms with Crippen molar-refractivity contribution in [3.8, 4) is 0 Å². The van der Waals surface area contributed by atoms with E-state index in [-0.39, 0.29) is 12.5 Å². The maximum absolute atomic E-state index is 12.1. The van der Waals surface area contributed by atoms with Crippen LogP contribution in [0.15, 0.2) is 47.1 Å². The molecule has 0 aliphatic heterocycles. The Bertz CT molecular complexity index is 537. The van der Waals surface area contributed by atoms with Crippen LogP contribution in [0.4, 0.5) is 0 Å². The van der Waals surface area contributed by atoms with Gasteiger partial charge in [-0.2, -0.15) is 0 Å². The second-order valence-electron chi connectivity index (χ2n) is 4.39. The summed E-state index contributed by atoms with van der Waals surface area (Å²) in [7, 11) is 1.51. The van der Waals surface area contributed by atoms with E-state index in [1.54, 1.807) is 17.2 Å². The van der Waals surface area contributed by atoms with E-state index >= 15 is 0 Å². The Morgan fingerprint density at radius 3 is 2.60 bits per heavy atom. The number of carbonyl (C=O) groups excluding carboxylic acids is 1. The van der Waals surface area contributed by atoms with E-state index in [1.807, 2.05) is 30.3 Å². The molecule has 20 heavy (non-hydrogen) atoms. The summed E-state index contributed by atoms with van der Waals surface area (Å²) in [5.74, 6) is 0.655. The molecule has 1 aromatic carbocycles. The van der Waals surface area contributed by atoms with Crippen LogP contribution >= 0.6 is 11.6 Å². The van der Waals surface area contributed by atoms with Crippen molar-refractivity contribution in [3.05, 3.63) is 59.0 Å². The quantitative estimate of drug-likeness (QED) is 0.822. The van der Waals surface area contributed by atoms with Gasteiger partial charge in [0.05, 0.1) is 12.8 Å². The number of hydrogen-bond donors (Lipinski definition) is 0. The molecule has 2 aromatic rings. The van der Waals surface area contributed by atoms with E-state index in [0.717, 1.165) is 11.3 Å². The molecule has 0 spiro atoms. The maximum atomic E-state index is 12.1. The van der Waals surface area contributed by atoms with Crippen molar-refractivity contribution >= 4 is 17.5 Å². The molecule has 0 unspecified atom stereocenters. The van der Waals surface area contributed by atoms with Crippen molar-refractivity contribution in [1.82, 2.24) is 4.90 Å². The van der Waals surface area contributed by atoms with Crippen LogP contribution in [0, 0.1) is 0 Å². The van der Waals surface area contributed by atoms with Gasteiger partial charge in [-0.1, -0.05) is 23.7 Å². The van der Waals surface area contributed by atoms with Crippen LogP contribution in [0.2, 0.25) is 5.02 Å². The number of carbonyl (C=O) groups is 1. The predicted molar refractivity (Wildman–Crippen MR) is 76.3 cm³/mol. The first-order valence-electron chi connectivity index (χ1n) is 6.22. The Hall–Kier alpha value is -1.78. The van der Waals surface area contributed by atoms with Gasteiger partial charge >= 0.3 is 0 Å². The molecule has 0 N–H and O–H groups in total. The normalized spacial score (nSPS) is 10.5. The second kappa shape index (κ2) is 7.12. The Kier molecular flexibility index (Phi) is 5.21. The van der Waals surface area contributed by atoms with E-state index < -0.39 is 0 Å². The average Bonchev–Trinajstić information content (AvgIpc) is 2.94. The number of methoxy groups -OCH3 is 1. The van der Waals surface area contributed by atoms with Gasteiger partial charge < -0.3 is 14.1 Å². The molecule has 106 valence electrons. The molecule has 0 atom stereocenters. The van der Waals surface area contributed by atoms with Crippen LogP contribution in [-0.4, -0.2) is 24.5 Å². The highest BCUT2D eigenvalue weighted by atomic mass is 35.5. The number of ether oxygens (including phenoxy) is 1. The zero-order valence-electron chi connectivity index (χ0n) is 11.2. The Balaban J connectivity index is 2.09. The van der Waals surface area contributed by atoms with Crippen LogP contribution in [-0.2, 0) is 22.6 Å². The number of furan rings is 1. The third-order valence-electron chi connectivity index (χ3n) is 2.83. The first-order valence-corrected chi connectivity index (χ1v) is 6.60. The number of benzene rings is 1. The summed E-state index contributed by atoms with van der Waals surface area (Å²) in [6, 6.07) is 11.1. The Morgan fingerprint density at radius 1 is 1.25 bits per heavy atom. The minimum atomic E-state index is -0.0844. The summed E-state index contributed by atoms with van der Waals surface area (Å²) in [6.45, 7) is 0.951. The van der Waals surface area contributed by atoms with Crippen LogP contribution in [0.5, 0.6) is 0 Å². The third kappa shape index (κ3) is 4.11. The highest BCUT2D eigenvalue weighted by Gasteiger charge is 2.15. The summed E-state index contributed by atoms with van der Waals surface area (Å²) < 4.78 is 10.2. The van der Waals surface area contributed by atoms with E-state index in [9.17, 15) is 4.79 Å². The van der Waals surface area contributed by atoms with Crippen LogP contribution < -0.4 is 0 Å². The van der Waals surface area contributed by atoms with E-state index in [1.165, 1.54) is 7.11 Å². The first kappa shape index (κ1) is 14.6. The van der Waals surface area contributed by atoms with Gasteiger partial charge in [0, 0.05) is 18.7 Å². The molecule has 0 aliphatic carbocycles. The summed E-state index contributed by atoms with van der Waals surface area (Å²) in [5.41, 5.74) is 1.01. The smallest absolute Gasteiger partial charge is 0.249 e. The van der Waals surface area contributed by atoms with E-state index in [2.05, 4.69) is 0 Å². The summed E-state index contributed by atoms with van der Waals surface area (Å²) in [6.07, 6.45) is 1.59. The zero-order chi connectivity index (χ0) is 14.4. The number of rotatable bonds is 6. The van der Waals surface area contributed by atoms with Crippen LogP contribution in [0.25, 0.3) is 0 Å². The standard InChI is InChI=1S/C15H16ClNO3/c1-19-11-15(18)17(10-14-3-2-8-20-14)9-12-4-6-13(16)7-5-12/h2-8H,9-11H2,1H3. The molecule has 1 amide bonds. The topological polar surface area (TPSA) is 42.7 Å². The molecule has 1 heterocycles. The molecule has 0 aliphatic rings. The van der Waals surface area contributed by atoms with Gasteiger partial charge in [0.15, 0.2) is 0 Å². The van der Waals surface area contributed by atoms with E-state index in [0.29, 0.717) is 18.1 Å². The lowest BCUT2D eigenvalue weighted by Crippen LogP contribution is -2.32. The van der Waals surface area contributed by atoms with Gasteiger partial charge in [0.1, 0.15) is 12.4 Å². The zero-order valence-corrected chi connectivity index (χ0v) is 12.0. The maximum Gasteiger partial charge on any atom is 0.249 e. The Morgan fingerprint density at radius 2 is 2.00 bits per heavy atom. The molecule has 0 radical (unpaired) electrons. The molecular formula is C15H16ClNO3. The highest BCUT2D eigenvalue weighted by Crippen LogP contribution is 2.14. The Labute approximate surface area is 122 Å². The van der Waals surface area contributed by atoms with Crippen molar-refractivity contribution in [3.63, 3.8) is 0 Å². The summed E-state index contributed by atoms with van der Waals surface area (Å²) >= 11 is 5.86. The number of nitrogens with zero attached hydrogens (tertiary/aromatic N) is 1. The monoisotopic (exact) mass is 293 g/mol. The van der Waals surface area contributed by atoms with Crippen molar-refractivity contribution < 1.29 is 13.9 Å². The summed E-state index contributed by atoms with van der Waals surface area (Å²) in [4.78, 5) is 13.8. The fraction of sp³-hybridized carbons (Fsp3) is 0.267. The van der Waals surface area contributed by atoms with Crippen molar-refractivity contribution in [2.75, 3.05) is 13.7 Å². The molecule has 0 saturated heterocycles. The predicted octanol–water partition coefficient (Wildman–Crippen LogP) is 3.11. The molecular weight excluding hydrogens is 278 g/mol. The molecule has 4 nitrogen and oxygen atoms in total. The minimum Gasteiger partial charge on any atom is -0.467 e. The molecule has 5 heteroatoms. The lowest BCUT2D eigenvalue weighted by atomic mass is 10.2. The summed E-state index contributed by atoms with van der Waals surface area (Å²) in [5, 5.41) is 0.676. The first-order chi connectivity index (χ1) is 9.69. The van der Waals surface area contributed by atoms with Gasteiger partial charge in [-0.3, -0.25) is 4.79 Å². The lowest BCUT2D eigenvalue weighted by molar-refractivity contribution is -0.136. The molecule has 2 rings (SSSR count). The average molecular weight is 294 g/mol. The van der Waals surface area contributed by atoms with E-state index in [4.69, 9.17) is 20.8 Å². The lowest BCUT2D eigenvalue weighted by Gasteiger charge is -2.21. The SMILES string of the molecule is COCC(=O)N(Cc1ccc(Cl)cc1)Cc1ccco1. The molecule has 1 aromatic heterocycles. The molecule has 0 saturated carbocycles. The third-order valence-corrected chi connectivity index (χ3v) is 3.09. The van der Waals surface area contributed by atoms with Gasteiger partial charge in [0.25, 0.3) is 0 Å². The van der Waals surface area contributed by atoms with Gasteiger partial charge in [-0.05, 0) is 29.8 Å². The van der Waals surface area contributed by atoms with Crippen LogP contribution in [0.1, 0.15) is 11.3 Å². The van der Waals surface area contributed by atoms with Gasteiger partial charge in [-0.15, -0.1) is 0 Å². The van der Waals surface area contributed by atoms with Crippen LogP contribution in [0.3, 0.4) is 0 Å². The molecule has 0 fully saturated rings. The number of amides is 1. The number of hydrogen-bond acceptors (Lipinski definition) is 3. The number of halogens is 1. The minimum absolute atomic E-state index is 0.0499. The van der Waals surface area contributed by atoms with Crippen molar-refractivity contribution in [2.24, 2.45) is 0 Å². The largest absolute Gasteiger partial charge is 0.467 e. The highest BCUT2D eigenvalue weighted by molar-refractivity contribution is 6.30. The fourth-order valence-corrected chi connectivity index (χ4v) is 1.97. The van der Waals surface area contributed by atoms with Gasteiger partial charge in [-0.25, -0.2) is 0 Å². The van der Waals surface area contributed by atoms with Crippen molar-refractivity contribution in [1.29, 1.82) is 0 Å². The second-order valence-corrected chi connectivity index (χ2v) is 4.83.